The molecule has 1 aromatic heterocycles. The summed E-state index contributed by atoms with van der Waals surface area (Å²) in [5.74, 6) is 4.33. The van der Waals surface area contributed by atoms with Crippen LogP contribution in [-0.4, -0.2) is 70.4 Å². The molecule has 9 nitrogen and oxygen atoms in total. The summed E-state index contributed by atoms with van der Waals surface area (Å²) in [7, 11) is 2.71. The van der Waals surface area contributed by atoms with Gasteiger partial charge in [-0.15, -0.1) is 11.3 Å². The second kappa shape index (κ2) is 27.1. The summed E-state index contributed by atoms with van der Waals surface area (Å²) in [6.07, 6.45) is -0.962. The first kappa shape index (κ1) is 39.6. The van der Waals surface area contributed by atoms with Crippen LogP contribution in [0.1, 0.15) is 74.9 Å². The molecule has 0 bridgehead atoms. The van der Waals surface area contributed by atoms with Gasteiger partial charge < -0.3 is 28.4 Å². The number of thiol groups is 1. The van der Waals surface area contributed by atoms with Crippen molar-refractivity contribution in [3.8, 4) is 11.8 Å². The molecule has 0 saturated carbocycles. The third kappa shape index (κ3) is 20.8. The summed E-state index contributed by atoms with van der Waals surface area (Å²) >= 11 is 4.98. The number of rotatable bonds is 11. The fourth-order valence-electron chi connectivity index (χ4n) is 2.09. The highest BCUT2D eigenvalue weighted by Gasteiger charge is 2.20. The number of ether oxygens (including phenoxy) is 6. The Hall–Kier alpha value is -1.94. The van der Waals surface area contributed by atoms with E-state index in [1.165, 1.54) is 32.5 Å². The third-order valence-corrected chi connectivity index (χ3v) is 5.03. The van der Waals surface area contributed by atoms with E-state index >= 15 is 0 Å². The van der Waals surface area contributed by atoms with Crippen molar-refractivity contribution in [1.82, 2.24) is 0 Å². The van der Waals surface area contributed by atoms with E-state index in [0.29, 0.717) is 31.3 Å². The van der Waals surface area contributed by atoms with Crippen LogP contribution in [-0.2, 0) is 38.0 Å². The highest BCUT2D eigenvalue weighted by molar-refractivity contribution is 7.81. The Labute approximate surface area is 231 Å². The lowest BCUT2D eigenvalue weighted by Gasteiger charge is -2.14. The van der Waals surface area contributed by atoms with Gasteiger partial charge in [-0.25, -0.2) is 4.79 Å². The molecule has 214 valence electrons. The first-order valence-electron chi connectivity index (χ1n) is 12.0. The molecule has 1 aromatic rings. The van der Waals surface area contributed by atoms with Gasteiger partial charge in [-0.2, -0.15) is 12.6 Å². The molecule has 1 rings (SSSR count). The van der Waals surface area contributed by atoms with Gasteiger partial charge in [0.05, 0.1) is 24.8 Å². The van der Waals surface area contributed by atoms with E-state index in [9.17, 15) is 14.4 Å². The van der Waals surface area contributed by atoms with Crippen LogP contribution in [0.15, 0.2) is 6.07 Å². The van der Waals surface area contributed by atoms with Gasteiger partial charge in [-0.1, -0.05) is 13.8 Å². The average Bonchev–Trinajstić information content (AvgIpc) is 3.29. The molecule has 11 heteroatoms. The maximum atomic E-state index is 11.5. The van der Waals surface area contributed by atoms with Gasteiger partial charge in [-0.05, 0) is 58.1 Å². The Morgan fingerprint density at radius 2 is 1.41 bits per heavy atom. The van der Waals surface area contributed by atoms with E-state index in [4.69, 9.17) is 23.7 Å². The van der Waals surface area contributed by atoms with E-state index in [-0.39, 0.29) is 23.5 Å². The zero-order valence-electron chi connectivity index (χ0n) is 23.8. The second-order valence-corrected chi connectivity index (χ2v) is 7.60. The van der Waals surface area contributed by atoms with Crippen LogP contribution in [0.2, 0.25) is 0 Å². The van der Waals surface area contributed by atoms with Crippen molar-refractivity contribution in [3.05, 3.63) is 21.4 Å². The number of ketones is 1. The standard InChI is InChI=1S/C12H18O4S.C9H14O3.C3H6O2S.C2H6/c1-5-15-12(16-6-2)9-7-8(3)10(17-9)11(13)14-4;1-4-11-9(12-5-2)7-6-8(3)10;1-5-3(4)2-6;1-2/h7,12H,5-6H2,1-4H3;9H,4-5H2,1-3H3;6H,2H2,1H3;1-2H3. The number of aryl methyl sites for hydroxylation is 1. The zero-order chi connectivity index (χ0) is 29.2. The molecular formula is C26H44O9S2. The molecule has 0 atom stereocenters. The van der Waals surface area contributed by atoms with E-state index < -0.39 is 12.6 Å². The van der Waals surface area contributed by atoms with Crippen molar-refractivity contribution in [1.29, 1.82) is 0 Å². The van der Waals surface area contributed by atoms with E-state index in [0.717, 1.165) is 10.4 Å². The van der Waals surface area contributed by atoms with Gasteiger partial charge in [0.1, 0.15) is 4.88 Å². The van der Waals surface area contributed by atoms with Crippen molar-refractivity contribution in [2.45, 2.75) is 68.0 Å². The summed E-state index contributed by atoms with van der Waals surface area (Å²) in [6, 6.07) is 1.91. The number of carbonyl (C=O) groups is 3. The van der Waals surface area contributed by atoms with Gasteiger partial charge in [0, 0.05) is 33.4 Å². The summed E-state index contributed by atoms with van der Waals surface area (Å²) in [5.41, 5.74) is 0.890. The fraction of sp³-hybridized carbons (Fsp3) is 0.654. The van der Waals surface area contributed by atoms with Gasteiger partial charge in [-0.3, -0.25) is 9.59 Å². The van der Waals surface area contributed by atoms with Crippen LogP contribution in [0.5, 0.6) is 0 Å². The SMILES string of the molecule is CC.CCOC(C#CC(C)=O)OCC.CCOC(OCC)c1cc(C)c(C(=O)OC)s1.COC(=O)CS. The summed E-state index contributed by atoms with van der Waals surface area (Å²) < 4.78 is 30.0. The smallest absolute Gasteiger partial charge is 0.348 e. The molecule has 0 aliphatic heterocycles. The minimum absolute atomic E-state index is 0.163. The predicted molar refractivity (Wildman–Crippen MR) is 149 cm³/mol. The number of hydrogen-bond acceptors (Lipinski definition) is 11. The molecule has 0 fully saturated rings. The van der Waals surface area contributed by atoms with Crippen molar-refractivity contribution in [2.24, 2.45) is 0 Å². The van der Waals surface area contributed by atoms with Crippen LogP contribution in [0, 0.1) is 18.8 Å². The number of esters is 2. The van der Waals surface area contributed by atoms with Gasteiger partial charge in [0.25, 0.3) is 0 Å². The molecule has 0 aliphatic carbocycles. The lowest BCUT2D eigenvalue weighted by atomic mass is 10.2. The van der Waals surface area contributed by atoms with Crippen molar-refractivity contribution >= 4 is 41.7 Å². The molecule has 0 aromatic carbocycles. The van der Waals surface area contributed by atoms with E-state index in [2.05, 4.69) is 29.2 Å². The van der Waals surface area contributed by atoms with Crippen LogP contribution in [0.4, 0.5) is 0 Å². The minimum Gasteiger partial charge on any atom is -0.468 e. The monoisotopic (exact) mass is 564 g/mol. The molecule has 37 heavy (non-hydrogen) atoms. The molecule has 0 amide bonds. The maximum absolute atomic E-state index is 11.5. The Morgan fingerprint density at radius 1 is 0.919 bits per heavy atom. The predicted octanol–water partition coefficient (Wildman–Crippen LogP) is 5.01. The van der Waals surface area contributed by atoms with Crippen molar-refractivity contribution in [3.63, 3.8) is 0 Å². The molecular weight excluding hydrogens is 520 g/mol. The molecule has 0 aliphatic rings. The topological polar surface area (TPSA) is 107 Å². The quantitative estimate of drug-likeness (QED) is 0.131. The lowest BCUT2D eigenvalue weighted by Crippen LogP contribution is -2.15. The van der Waals surface area contributed by atoms with Crippen molar-refractivity contribution in [2.75, 3.05) is 46.4 Å². The summed E-state index contributed by atoms with van der Waals surface area (Å²) in [4.78, 5) is 33.3. The second-order valence-electron chi connectivity index (χ2n) is 6.20. The Morgan fingerprint density at radius 3 is 1.73 bits per heavy atom. The van der Waals surface area contributed by atoms with E-state index in [1.54, 1.807) is 0 Å². The van der Waals surface area contributed by atoms with Crippen LogP contribution >= 0.6 is 24.0 Å². The van der Waals surface area contributed by atoms with Gasteiger partial charge in [0.15, 0.2) is 6.29 Å². The molecule has 0 spiro atoms. The van der Waals surface area contributed by atoms with Crippen LogP contribution in [0.3, 0.4) is 0 Å². The third-order valence-electron chi connectivity index (χ3n) is 3.53. The largest absolute Gasteiger partial charge is 0.468 e. The van der Waals surface area contributed by atoms with Crippen LogP contribution < -0.4 is 0 Å². The highest BCUT2D eigenvalue weighted by Crippen LogP contribution is 2.30. The number of Topliss-reactive ketones (excluding diaryl/α,β-unsaturated/α-hetero) is 1. The summed E-state index contributed by atoms with van der Waals surface area (Å²) in [6.45, 7) is 17.0. The van der Waals surface area contributed by atoms with Gasteiger partial charge in [0.2, 0.25) is 12.1 Å². The molecule has 0 unspecified atom stereocenters. The Kier molecular flexibility index (Phi) is 29.0. The molecule has 0 radical (unpaired) electrons. The normalized spacial score (nSPS) is 9.43. The van der Waals surface area contributed by atoms with Crippen LogP contribution in [0.25, 0.3) is 0 Å². The Bertz CT molecular complexity index is 780. The maximum Gasteiger partial charge on any atom is 0.348 e. The number of carbonyl (C=O) groups excluding carboxylic acids is 3. The number of hydrogen-bond donors (Lipinski definition) is 1. The first-order valence-corrected chi connectivity index (χ1v) is 13.4. The molecule has 0 saturated heterocycles. The van der Waals surface area contributed by atoms with E-state index in [1.807, 2.05) is 54.5 Å². The van der Waals surface area contributed by atoms with Crippen molar-refractivity contribution < 1.29 is 42.8 Å². The number of methoxy groups -OCH3 is 2. The number of thiophene rings is 1. The zero-order valence-corrected chi connectivity index (χ0v) is 25.5. The minimum atomic E-state index is -0.566. The first-order chi connectivity index (χ1) is 17.6. The lowest BCUT2D eigenvalue weighted by molar-refractivity contribution is -0.138. The molecule has 0 N–H and O–H groups in total. The molecule has 1 heterocycles. The average molecular weight is 565 g/mol. The Balaban J connectivity index is -0.000000503. The van der Waals surface area contributed by atoms with Gasteiger partial charge >= 0.3 is 11.9 Å². The fourth-order valence-corrected chi connectivity index (χ4v) is 3.31. The highest BCUT2D eigenvalue weighted by atomic mass is 32.1. The summed E-state index contributed by atoms with van der Waals surface area (Å²) in [5, 5.41) is 0.